The number of imidazole rings is 1. The van der Waals surface area contributed by atoms with Crippen molar-refractivity contribution in [1.82, 2.24) is 51.0 Å². The van der Waals surface area contributed by atoms with Crippen LogP contribution in [0.2, 0.25) is 0 Å². The van der Waals surface area contributed by atoms with E-state index in [-0.39, 0.29) is 35.3 Å². The summed E-state index contributed by atoms with van der Waals surface area (Å²) in [6.45, 7) is 0.865. The number of carbonyl (C=O) groups is 8. The molecular weight excluding hydrogens is 1230 g/mol. The summed E-state index contributed by atoms with van der Waals surface area (Å²) >= 11 is 1.42. The van der Waals surface area contributed by atoms with Gasteiger partial charge in [-0.25, -0.2) is 14.8 Å². The van der Waals surface area contributed by atoms with Gasteiger partial charge < -0.3 is 86.8 Å². The molecule has 15 N–H and O–H groups in total. The van der Waals surface area contributed by atoms with Crippen molar-refractivity contribution in [3.8, 4) is 39.1 Å². The van der Waals surface area contributed by atoms with Crippen molar-refractivity contribution in [2.45, 2.75) is 151 Å². The Morgan fingerprint density at radius 2 is 1.48 bits per heavy atom. The number of aliphatic hydroxyl groups is 6. The van der Waals surface area contributed by atoms with Gasteiger partial charge in [-0.3, -0.25) is 38.4 Å². The Bertz CT molecular complexity index is 3410. The first-order chi connectivity index (χ1) is 43.5. The Kier molecular flexibility index (Phi) is 22.1. The molecule has 2 aromatic heterocycles. The maximum absolute atomic E-state index is 14.7. The molecule has 1 saturated carbocycles. The van der Waals surface area contributed by atoms with Gasteiger partial charge in [-0.2, -0.15) is 5.10 Å². The number of fused-ring (bicyclic) bond motifs is 3. The molecule has 0 bridgehead atoms. The van der Waals surface area contributed by atoms with Gasteiger partial charge in [-0.15, -0.1) is 0 Å². The molecule has 5 heterocycles. The van der Waals surface area contributed by atoms with E-state index in [9.17, 15) is 74.1 Å². The molecule has 33 heteroatoms. The number of nitrogens with one attached hydrogen (secondary N) is 5. The van der Waals surface area contributed by atoms with E-state index >= 15 is 0 Å². The fraction of sp³-hybridized carbons (Fsp3) is 0.483. The molecule has 91 heavy (non-hydrogen) atoms. The van der Waals surface area contributed by atoms with Crippen LogP contribution < -0.4 is 41.2 Å². The number of β-amino-alcohol motifs (C(OH)–C–C–N with tert-alkyl or cyclic N) is 1. The van der Waals surface area contributed by atoms with Gasteiger partial charge in [0.2, 0.25) is 46.3 Å². The second kappa shape index (κ2) is 29.9. The van der Waals surface area contributed by atoms with Crippen LogP contribution in [0.1, 0.15) is 81.1 Å². The van der Waals surface area contributed by atoms with Crippen LogP contribution in [0, 0.1) is 5.92 Å². The molecule has 1 aliphatic carbocycles. The largest absolute Gasteiger partial charge is 0.504 e. The Labute approximate surface area is 527 Å². The van der Waals surface area contributed by atoms with Crippen LogP contribution in [0.3, 0.4) is 0 Å². The minimum atomic E-state index is -2.22. The summed E-state index contributed by atoms with van der Waals surface area (Å²) in [6, 6.07) is 5.66. The number of hydrogen-bond donors (Lipinski definition) is 14. The quantitative estimate of drug-likeness (QED) is 0.0223. The van der Waals surface area contributed by atoms with E-state index in [1.54, 1.807) is 22.8 Å². The van der Waals surface area contributed by atoms with Gasteiger partial charge in [-0.1, -0.05) is 52.3 Å². The highest BCUT2D eigenvalue weighted by molar-refractivity contribution is 7.90. The Morgan fingerprint density at radius 1 is 0.802 bits per heavy atom. The third-order valence-electron chi connectivity index (χ3n) is 16.2. The fourth-order valence-corrected chi connectivity index (χ4v) is 12.6. The van der Waals surface area contributed by atoms with Gasteiger partial charge in [0.1, 0.15) is 47.0 Å². The number of primary amides is 1. The lowest BCUT2D eigenvalue weighted by molar-refractivity contribution is -0.433. The van der Waals surface area contributed by atoms with Gasteiger partial charge >= 0.3 is 0 Å². The zero-order valence-corrected chi connectivity index (χ0v) is 50.7. The van der Waals surface area contributed by atoms with Crippen LogP contribution in [0.5, 0.6) is 17.2 Å². The average molecular weight is 1310 g/mol. The predicted octanol–water partition coefficient (Wildman–Crippen LogP) is -1.27. The average Bonchev–Trinajstić information content (AvgIpc) is 1.74. The molecule has 5 aromatic rings. The first-order valence-electron chi connectivity index (χ1n) is 29.3. The lowest BCUT2D eigenvalue weighted by atomic mass is 9.98. The number of benzene rings is 3. The molecule has 9 rings (SSSR count). The number of hydrogen-bond acceptors (Lipinski definition) is 24. The lowest BCUT2D eigenvalue weighted by Crippen LogP contribution is -2.64. The molecule has 13 unspecified atom stereocenters. The number of phenols is 1. The minimum Gasteiger partial charge on any atom is -0.504 e. The van der Waals surface area contributed by atoms with Gasteiger partial charge in [0, 0.05) is 61.5 Å². The van der Waals surface area contributed by atoms with E-state index in [2.05, 4.69) is 36.0 Å². The fourth-order valence-electron chi connectivity index (χ4n) is 11.5. The molecular formula is C58H71N11O20S2. The molecule has 4 fully saturated rings. The molecule has 3 aliphatic heterocycles. The van der Waals surface area contributed by atoms with Gasteiger partial charge in [0.25, 0.3) is 18.2 Å². The zero-order chi connectivity index (χ0) is 65.4. The van der Waals surface area contributed by atoms with Crippen molar-refractivity contribution in [3.05, 3.63) is 84.1 Å². The summed E-state index contributed by atoms with van der Waals surface area (Å²) in [5.74, 6) is -10.3. The molecule has 8 amide bonds. The first-order valence-corrected chi connectivity index (χ1v) is 30.8. The third-order valence-corrected chi connectivity index (χ3v) is 17.6. The van der Waals surface area contributed by atoms with Crippen LogP contribution in [-0.2, 0) is 49.4 Å². The number of aromatic hydroxyl groups is 1. The lowest BCUT2D eigenvalue weighted by Gasteiger charge is -2.33. The van der Waals surface area contributed by atoms with Crippen LogP contribution in [-0.4, -0.2) is 211 Å². The van der Waals surface area contributed by atoms with Gasteiger partial charge in [-0.05, 0) is 86.7 Å². The zero-order valence-electron chi connectivity index (χ0n) is 49.1. The van der Waals surface area contributed by atoms with E-state index in [4.69, 9.17) is 30.0 Å². The van der Waals surface area contributed by atoms with Crippen LogP contribution >= 0.6 is 23.7 Å². The van der Waals surface area contributed by atoms with Crippen molar-refractivity contribution in [1.29, 1.82) is 0 Å². The van der Waals surface area contributed by atoms with E-state index < -0.39 is 177 Å². The highest BCUT2D eigenvalue weighted by atomic mass is 32.2. The van der Waals surface area contributed by atoms with E-state index in [1.807, 2.05) is 24.3 Å². The number of rotatable bonds is 17. The summed E-state index contributed by atoms with van der Waals surface area (Å²) in [5, 5.41) is 108. The van der Waals surface area contributed by atoms with Crippen molar-refractivity contribution < 1.29 is 97.7 Å². The van der Waals surface area contributed by atoms with Crippen molar-refractivity contribution in [2.75, 3.05) is 19.6 Å². The van der Waals surface area contributed by atoms with E-state index in [1.165, 1.54) is 42.9 Å². The SMILES string of the molecule is CC(O)C1NC(=O)C(NC(=O)c2ccc(-c3cn4nc(-c5ccc(OC6CCCCC6)cc5)sc4n3)cc2)CC(O)CNC(=O)C2C(O)C(C)CN2C(=O)C(C(O)CC(N)=O)NC(=O)C(C(O)Cc2ccc(O)c(OSOOO)c2)NC(=O)C2CC(O)CN2C1=O. The molecule has 3 aromatic carbocycles. The highest BCUT2D eigenvalue weighted by Crippen LogP contribution is 2.34. The van der Waals surface area contributed by atoms with Crippen LogP contribution in [0.25, 0.3) is 26.8 Å². The van der Waals surface area contributed by atoms with E-state index in [0.29, 0.717) is 16.2 Å². The number of ether oxygens (including phenoxy) is 1. The molecule has 0 radical (unpaired) electrons. The smallest absolute Gasteiger partial charge is 0.261 e. The molecule has 3 saturated heterocycles. The van der Waals surface area contributed by atoms with Gasteiger partial charge in [0.05, 0.1) is 61.0 Å². The Morgan fingerprint density at radius 3 is 2.16 bits per heavy atom. The first kappa shape index (κ1) is 67.3. The predicted molar refractivity (Wildman–Crippen MR) is 319 cm³/mol. The van der Waals surface area contributed by atoms with Crippen LogP contribution in [0.15, 0.2) is 72.9 Å². The summed E-state index contributed by atoms with van der Waals surface area (Å²) < 4.78 is 17.1. The molecule has 490 valence electrons. The normalized spacial score (nSPS) is 26.1. The van der Waals surface area contributed by atoms with Crippen molar-refractivity contribution in [3.63, 3.8) is 0 Å². The number of nitrogens with zero attached hydrogens (tertiary/aromatic N) is 5. The summed E-state index contributed by atoms with van der Waals surface area (Å²) in [5.41, 5.74) is 7.50. The molecule has 31 nitrogen and oxygen atoms in total. The number of phenolic OH excluding ortho intramolecular Hbond substituents is 1. The Balaban J connectivity index is 0.981. The molecule has 13 atom stereocenters. The maximum atomic E-state index is 14.7. The summed E-state index contributed by atoms with van der Waals surface area (Å²) in [7, 11) is 0. The highest BCUT2D eigenvalue weighted by Gasteiger charge is 2.50. The number of aromatic nitrogens is 3. The summed E-state index contributed by atoms with van der Waals surface area (Å²) in [4.78, 5) is 121. The van der Waals surface area contributed by atoms with Crippen molar-refractivity contribution >= 4 is 75.9 Å². The summed E-state index contributed by atoms with van der Waals surface area (Å²) in [6.07, 6.45) is -6.09. The number of nitrogens with two attached hydrogens (primary N) is 1. The van der Waals surface area contributed by atoms with Gasteiger partial charge in [0.15, 0.2) is 11.5 Å². The molecule has 4 aliphatic rings. The van der Waals surface area contributed by atoms with E-state index in [0.717, 1.165) is 70.9 Å². The second-order valence-corrected chi connectivity index (χ2v) is 24.4. The second-order valence-electron chi connectivity index (χ2n) is 23.0. The maximum Gasteiger partial charge on any atom is 0.261 e. The minimum absolute atomic E-state index is 0.00710. The van der Waals surface area contributed by atoms with Crippen LogP contribution in [0.4, 0.5) is 0 Å². The third kappa shape index (κ3) is 16.3. The standard InChI is InChI=1S/C58H71N11O20S2/c1-27-24-68-48(49(27)77)54(82)60-23-33(71)20-37(61-50(78)31-11-9-30(10-12-31)38-26-69-58(62-38)90-55(66-69)32-13-15-36(16-14-32)86-35-6-4-3-5-7-35)51(79)63-45(28(2)70)56(83)67-25-34(72)21-39(67)52(80)64-46(53(81)65-47(57(68)84)42(75)22-44(59)76)41(74)18-29-8-17-40(73)43(19-29)87-91-89-88-85/h8-17,19,26-28,33-35,37,39,41-42,45-49,70-75,77,85H,3-7,18,20-25H2,1-2H3,(H2,59,76)(H,60,82)(H,61,78)(H,63,79)(H,64,80)(H,65,81). The number of carbonyl (C=O) groups excluding carboxylic acids is 8. The number of amides is 8. The Hall–Kier alpha value is -8.09. The topological polar surface area (TPSA) is 458 Å². The molecule has 0 spiro atoms. The number of aliphatic hydroxyl groups excluding tert-OH is 6. The monoisotopic (exact) mass is 1310 g/mol. The van der Waals surface area contributed by atoms with Crippen molar-refractivity contribution in [2.24, 2.45) is 11.7 Å².